The normalized spacial score (nSPS) is 13.5. The molecule has 0 radical (unpaired) electrons. The molecule has 2 atom stereocenters. The molecule has 0 fully saturated rings. The Hall–Kier alpha value is -3.27. The summed E-state index contributed by atoms with van der Waals surface area (Å²) in [7, 11) is 5.90. The first-order valence-corrected chi connectivity index (χ1v) is 24.1. The molecule has 0 aromatic heterocycles. The van der Waals surface area contributed by atoms with Crippen molar-refractivity contribution in [1.82, 2.24) is 0 Å². The standard InChI is InChI=1S/C52H89NO8/c1-6-8-10-12-14-16-18-20-21-22-23-24-25-26-27-28-29-31-33-35-37-39-41-43-50(55)61-48(47-60-52(51(56)57)58-45-44-53(3,4)5)46-59-49(54)42-40-38-36-34-32-30-19-17-15-13-11-9-7-2/h8,10-11,13-14,16-17,19-21,23-24,48,52H,6-7,9,12,15,18,22,25-47H2,1-5H3/b10-8-,13-11-,16-14-,19-17-,21-20-,24-23-. The predicted molar refractivity (Wildman–Crippen MR) is 251 cm³/mol. The Kier molecular flexibility index (Phi) is 41.1. The number of aliphatic carboxylic acids is 1. The molecule has 0 N–H and O–H groups in total. The molecule has 61 heavy (non-hydrogen) atoms. The molecule has 2 unspecified atom stereocenters. The van der Waals surface area contributed by atoms with Gasteiger partial charge in [-0.05, 0) is 77.0 Å². The van der Waals surface area contributed by atoms with Gasteiger partial charge in [0, 0.05) is 12.8 Å². The number of carboxylic acid groups (broad SMARTS) is 1. The SMILES string of the molecule is CC/C=C\C/C=C\C/C=C\C/C=C\CCCCCCCCCCCCC(=O)OC(COC(=O)CCCCCCC/C=C\C/C=C\CCC)COC(OCC[N+](C)(C)C)C(=O)[O-]. The molecule has 0 saturated carbocycles. The van der Waals surface area contributed by atoms with Gasteiger partial charge >= 0.3 is 11.9 Å². The minimum Gasteiger partial charge on any atom is -0.545 e. The second-order valence-corrected chi connectivity index (χ2v) is 17.0. The number of unbranched alkanes of at least 4 members (excludes halogenated alkanes) is 16. The molecule has 0 aliphatic heterocycles. The first-order valence-electron chi connectivity index (χ1n) is 24.1. The summed E-state index contributed by atoms with van der Waals surface area (Å²) in [5.74, 6) is -2.32. The quantitative estimate of drug-likeness (QED) is 0.0196. The number of likely N-dealkylation sites (N-methyl/N-ethyl adjacent to an activating group) is 1. The van der Waals surface area contributed by atoms with Crippen molar-refractivity contribution < 1.29 is 42.9 Å². The number of ether oxygens (including phenoxy) is 4. The summed E-state index contributed by atoms with van der Waals surface area (Å²) < 4.78 is 22.6. The average molecular weight is 856 g/mol. The predicted octanol–water partition coefficient (Wildman–Crippen LogP) is 11.8. The van der Waals surface area contributed by atoms with Crippen LogP contribution in [0.5, 0.6) is 0 Å². The van der Waals surface area contributed by atoms with E-state index in [9.17, 15) is 19.5 Å². The Labute approximate surface area is 373 Å². The zero-order chi connectivity index (χ0) is 44.9. The molecule has 0 saturated heterocycles. The zero-order valence-electron chi connectivity index (χ0n) is 39.5. The van der Waals surface area contributed by atoms with E-state index >= 15 is 0 Å². The molecule has 0 spiro atoms. The van der Waals surface area contributed by atoms with Crippen LogP contribution in [-0.4, -0.2) is 82.3 Å². The third-order valence-corrected chi connectivity index (χ3v) is 9.92. The number of hydrogen-bond acceptors (Lipinski definition) is 8. The smallest absolute Gasteiger partial charge is 0.306 e. The molecule has 0 aliphatic carbocycles. The number of esters is 2. The summed E-state index contributed by atoms with van der Waals surface area (Å²) in [6.45, 7) is 4.53. The van der Waals surface area contributed by atoms with E-state index in [0.717, 1.165) is 103 Å². The van der Waals surface area contributed by atoms with Crippen molar-refractivity contribution in [3.8, 4) is 0 Å². The van der Waals surface area contributed by atoms with E-state index in [0.29, 0.717) is 17.4 Å². The van der Waals surface area contributed by atoms with E-state index in [1.807, 2.05) is 21.1 Å². The van der Waals surface area contributed by atoms with E-state index < -0.39 is 24.3 Å². The van der Waals surface area contributed by atoms with Crippen molar-refractivity contribution in [2.75, 3.05) is 47.5 Å². The minimum atomic E-state index is -1.63. The van der Waals surface area contributed by atoms with Crippen molar-refractivity contribution in [3.63, 3.8) is 0 Å². The van der Waals surface area contributed by atoms with Gasteiger partial charge in [-0.1, -0.05) is 164 Å². The number of nitrogens with zero attached hydrogens (tertiary/aromatic N) is 1. The highest BCUT2D eigenvalue weighted by Crippen LogP contribution is 2.14. The number of allylic oxidation sites excluding steroid dienone is 12. The van der Waals surface area contributed by atoms with Gasteiger partial charge < -0.3 is 33.3 Å². The molecule has 350 valence electrons. The second-order valence-electron chi connectivity index (χ2n) is 17.0. The van der Waals surface area contributed by atoms with Crippen LogP contribution in [0.1, 0.15) is 181 Å². The van der Waals surface area contributed by atoms with Gasteiger partial charge in [0.1, 0.15) is 13.2 Å². The Morgan fingerprint density at radius 2 is 0.934 bits per heavy atom. The summed E-state index contributed by atoms with van der Waals surface area (Å²) in [5.41, 5.74) is 0. The van der Waals surface area contributed by atoms with E-state index in [1.165, 1.54) is 44.9 Å². The van der Waals surface area contributed by atoms with Crippen molar-refractivity contribution in [2.24, 2.45) is 0 Å². The van der Waals surface area contributed by atoms with Gasteiger partial charge in [-0.15, -0.1) is 0 Å². The lowest BCUT2D eigenvalue weighted by molar-refractivity contribution is -0.870. The topological polar surface area (TPSA) is 111 Å². The summed E-state index contributed by atoms with van der Waals surface area (Å²) in [5, 5.41) is 11.7. The lowest BCUT2D eigenvalue weighted by Crippen LogP contribution is -2.44. The van der Waals surface area contributed by atoms with Crippen LogP contribution in [0.2, 0.25) is 0 Å². The van der Waals surface area contributed by atoms with Crippen molar-refractivity contribution in [3.05, 3.63) is 72.9 Å². The third kappa shape index (κ3) is 44.6. The van der Waals surface area contributed by atoms with Crippen LogP contribution in [0.4, 0.5) is 0 Å². The van der Waals surface area contributed by atoms with Gasteiger partial charge in [0.15, 0.2) is 12.4 Å². The van der Waals surface area contributed by atoms with E-state index in [4.69, 9.17) is 18.9 Å². The van der Waals surface area contributed by atoms with Crippen molar-refractivity contribution in [2.45, 2.75) is 193 Å². The molecule has 9 nitrogen and oxygen atoms in total. The first kappa shape index (κ1) is 57.7. The third-order valence-electron chi connectivity index (χ3n) is 9.92. The molecule has 0 aromatic carbocycles. The Bertz CT molecular complexity index is 1230. The lowest BCUT2D eigenvalue weighted by atomic mass is 10.0. The first-order chi connectivity index (χ1) is 29.6. The second kappa shape index (κ2) is 43.4. The largest absolute Gasteiger partial charge is 0.545 e. The molecule has 0 rings (SSSR count). The van der Waals surface area contributed by atoms with Gasteiger partial charge in [-0.3, -0.25) is 9.59 Å². The van der Waals surface area contributed by atoms with Crippen molar-refractivity contribution in [1.29, 1.82) is 0 Å². The van der Waals surface area contributed by atoms with Crippen molar-refractivity contribution >= 4 is 17.9 Å². The summed E-state index contributed by atoms with van der Waals surface area (Å²) in [6.07, 6.45) is 50.8. The fourth-order valence-corrected chi connectivity index (χ4v) is 6.21. The van der Waals surface area contributed by atoms with Crippen LogP contribution in [0.3, 0.4) is 0 Å². The van der Waals surface area contributed by atoms with E-state index in [1.54, 1.807) is 0 Å². The minimum absolute atomic E-state index is 0.141. The highest BCUT2D eigenvalue weighted by atomic mass is 16.7. The van der Waals surface area contributed by atoms with Gasteiger partial charge in [-0.2, -0.15) is 0 Å². The zero-order valence-corrected chi connectivity index (χ0v) is 39.5. The molecule has 0 amide bonds. The number of carbonyl (C=O) groups is 3. The number of hydrogen-bond donors (Lipinski definition) is 0. The maximum absolute atomic E-state index is 12.8. The van der Waals surface area contributed by atoms with E-state index in [2.05, 4.69) is 86.8 Å². The molecule has 9 heteroatoms. The number of rotatable bonds is 43. The number of carbonyl (C=O) groups excluding carboxylic acids is 3. The molecule has 0 aliphatic rings. The average Bonchev–Trinajstić information content (AvgIpc) is 3.22. The van der Waals surface area contributed by atoms with Gasteiger partial charge in [0.2, 0.25) is 0 Å². The number of quaternary nitrogens is 1. The molecule has 0 aromatic rings. The van der Waals surface area contributed by atoms with Gasteiger partial charge in [-0.25, -0.2) is 0 Å². The van der Waals surface area contributed by atoms with Gasteiger partial charge in [0.25, 0.3) is 0 Å². The summed E-state index contributed by atoms with van der Waals surface area (Å²) >= 11 is 0. The Morgan fingerprint density at radius 3 is 1.39 bits per heavy atom. The molecular weight excluding hydrogens is 767 g/mol. The Balaban J connectivity index is 4.36. The van der Waals surface area contributed by atoms with Crippen LogP contribution < -0.4 is 5.11 Å². The number of carboxylic acids is 1. The van der Waals surface area contributed by atoms with Crippen LogP contribution in [0.25, 0.3) is 0 Å². The molecular formula is C52H89NO8. The Morgan fingerprint density at radius 1 is 0.508 bits per heavy atom. The maximum Gasteiger partial charge on any atom is 0.306 e. The van der Waals surface area contributed by atoms with E-state index in [-0.39, 0.29) is 38.6 Å². The maximum atomic E-state index is 12.8. The molecule has 0 heterocycles. The summed E-state index contributed by atoms with van der Waals surface area (Å²) in [6, 6.07) is 0. The van der Waals surface area contributed by atoms with Crippen LogP contribution in [-0.2, 0) is 33.3 Å². The highest BCUT2D eigenvalue weighted by molar-refractivity contribution is 5.70. The fourth-order valence-electron chi connectivity index (χ4n) is 6.21. The monoisotopic (exact) mass is 856 g/mol. The lowest BCUT2D eigenvalue weighted by Gasteiger charge is -2.26. The van der Waals surface area contributed by atoms with Crippen LogP contribution in [0, 0.1) is 0 Å². The van der Waals surface area contributed by atoms with Crippen LogP contribution >= 0.6 is 0 Å². The van der Waals surface area contributed by atoms with Crippen LogP contribution in [0.15, 0.2) is 72.9 Å². The highest BCUT2D eigenvalue weighted by Gasteiger charge is 2.21. The fraction of sp³-hybridized carbons (Fsp3) is 0.712. The van der Waals surface area contributed by atoms with Gasteiger partial charge in [0.05, 0.1) is 40.3 Å². The molecule has 0 bridgehead atoms. The summed E-state index contributed by atoms with van der Waals surface area (Å²) in [4.78, 5) is 37.0.